The summed E-state index contributed by atoms with van der Waals surface area (Å²) < 4.78 is 11.8. The molecule has 0 aliphatic carbocycles. The Hall–Kier alpha value is -3.74. The molecular weight excluding hydrogens is 378 g/mol. The molecule has 2 aromatic heterocycles. The molecule has 0 saturated heterocycles. The zero-order chi connectivity index (χ0) is 20.9. The van der Waals surface area contributed by atoms with Crippen LogP contribution in [0.3, 0.4) is 0 Å². The summed E-state index contributed by atoms with van der Waals surface area (Å²) in [6, 6.07) is 18.2. The smallest absolute Gasteiger partial charge is 0.182 e. The molecular formula is C23H23N5O2. The van der Waals surface area contributed by atoms with Crippen LogP contribution in [0.1, 0.15) is 23.9 Å². The number of ether oxygens (including phenoxy) is 2. The average molecular weight is 401 g/mol. The first-order valence-corrected chi connectivity index (χ1v) is 9.82. The number of nitrogens with zero attached hydrogens (tertiary/aromatic N) is 4. The van der Waals surface area contributed by atoms with Crippen molar-refractivity contribution in [1.82, 2.24) is 25.6 Å². The van der Waals surface area contributed by atoms with Crippen LogP contribution in [0, 0.1) is 13.8 Å². The number of pyridine rings is 1. The summed E-state index contributed by atoms with van der Waals surface area (Å²) in [6.45, 7) is 6.84. The van der Waals surface area contributed by atoms with Gasteiger partial charge in [0, 0.05) is 17.3 Å². The largest absolute Gasteiger partial charge is 0.488 e. The topological polar surface area (TPSA) is 85.8 Å². The Bertz CT molecular complexity index is 1130. The number of rotatable bonds is 7. The standard InChI is InChI=1S/C23H23N5O2/c1-4-29-22-16(3)24-15(2)13-21(22)30-14-17-9-11-18(12-10-17)19-7-5-6-8-20(19)23-25-27-28-26-23/h5-13H,4,14H2,1-3H3,(H,25,26,27,28). The van der Waals surface area contributed by atoms with Crippen LogP contribution < -0.4 is 9.47 Å². The molecule has 2 aromatic carbocycles. The molecule has 0 aliphatic rings. The quantitative estimate of drug-likeness (QED) is 0.490. The monoisotopic (exact) mass is 401 g/mol. The van der Waals surface area contributed by atoms with E-state index in [0.29, 0.717) is 30.5 Å². The van der Waals surface area contributed by atoms with E-state index >= 15 is 0 Å². The minimum absolute atomic E-state index is 0.441. The number of hydrogen-bond donors (Lipinski definition) is 1. The van der Waals surface area contributed by atoms with E-state index in [1.807, 2.05) is 45.0 Å². The van der Waals surface area contributed by atoms with Crippen molar-refractivity contribution in [3.05, 3.63) is 71.5 Å². The van der Waals surface area contributed by atoms with Gasteiger partial charge in [0.25, 0.3) is 0 Å². The van der Waals surface area contributed by atoms with Crippen molar-refractivity contribution >= 4 is 0 Å². The first-order chi connectivity index (χ1) is 14.7. The fourth-order valence-corrected chi connectivity index (χ4v) is 3.36. The van der Waals surface area contributed by atoms with Gasteiger partial charge in [-0.25, -0.2) is 5.10 Å². The third kappa shape index (κ3) is 4.15. The predicted octanol–water partition coefficient (Wildman–Crippen LogP) is 4.52. The fourth-order valence-electron chi connectivity index (χ4n) is 3.36. The van der Waals surface area contributed by atoms with Crippen molar-refractivity contribution in [3.8, 4) is 34.0 Å². The molecule has 4 rings (SSSR count). The number of benzene rings is 2. The molecule has 0 saturated carbocycles. The van der Waals surface area contributed by atoms with Crippen molar-refractivity contribution in [3.63, 3.8) is 0 Å². The normalized spacial score (nSPS) is 10.8. The van der Waals surface area contributed by atoms with Gasteiger partial charge in [0.2, 0.25) is 0 Å². The fraction of sp³-hybridized carbons (Fsp3) is 0.217. The zero-order valence-electron chi connectivity index (χ0n) is 17.2. The van der Waals surface area contributed by atoms with Gasteiger partial charge in [-0.15, -0.1) is 5.10 Å². The summed E-state index contributed by atoms with van der Waals surface area (Å²) in [5, 5.41) is 14.2. The molecule has 0 aliphatic heterocycles. The Morgan fingerprint density at radius 1 is 0.933 bits per heavy atom. The summed E-state index contributed by atoms with van der Waals surface area (Å²) in [5.41, 5.74) is 5.89. The lowest BCUT2D eigenvalue weighted by Crippen LogP contribution is -2.03. The van der Waals surface area contributed by atoms with E-state index in [-0.39, 0.29) is 0 Å². The van der Waals surface area contributed by atoms with Crippen molar-refractivity contribution in [2.45, 2.75) is 27.4 Å². The molecule has 0 amide bonds. The average Bonchev–Trinajstić information content (AvgIpc) is 3.29. The Morgan fingerprint density at radius 2 is 1.70 bits per heavy atom. The highest BCUT2D eigenvalue weighted by Gasteiger charge is 2.12. The molecule has 0 radical (unpaired) electrons. The molecule has 152 valence electrons. The molecule has 0 fully saturated rings. The molecule has 2 heterocycles. The van der Waals surface area contributed by atoms with Gasteiger partial charge >= 0.3 is 0 Å². The molecule has 0 atom stereocenters. The number of aryl methyl sites for hydroxylation is 2. The molecule has 7 heteroatoms. The Labute approximate surface area is 175 Å². The number of hydrogen-bond acceptors (Lipinski definition) is 6. The molecule has 1 N–H and O–H groups in total. The Kier molecular flexibility index (Phi) is 5.70. The summed E-state index contributed by atoms with van der Waals surface area (Å²) in [4.78, 5) is 4.46. The van der Waals surface area contributed by atoms with E-state index in [1.165, 1.54) is 0 Å². The van der Waals surface area contributed by atoms with Gasteiger partial charge in [-0.2, -0.15) is 0 Å². The van der Waals surface area contributed by atoms with E-state index in [4.69, 9.17) is 9.47 Å². The van der Waals surface area contributed by atoms with Crippen LogP contribution in [0.5, 0.6) is 11.5 Å². The lowest BCUT2D eigenvalue weighted by molar-refractivity contribution is 0.266. The number of aromatic nitrogens is 5. The number of tetrazole rings is 1. The van der Waals surface area contributed by atoms with E-state index < -0.39 is 0 Å². The van der Waals surface area contributed by atoms with Gasteiger partial charge in [-0.3, -0.25) is 4.98 Å². The summed E-state index contributed by atoms with van der Waals surface area (Å²) >= 11 is 0. The minimum atomic E-state index is 0.441. The highest BCUT2D eigenvalue weighted by molar-refractivity contribution is 5.80. The number of aromatic amines is 1. The van der Waals surface area contributed by atoms with Crippen LogP contribution in [0.4, 0.5) is 0 Å². The van der Waals surface area contributed by atoms with Gasteiger partial charge in [-0.1, -0.05) is 48.5 Å². The van der Waals surface area contributed by atoms with Gasteiger partial charge in [0.05, 0.1) is 12.3 Å². The van der Waals surface area contributed by atoms with E-state index in [0.717, 1.165) is 33.6 Å². The van der Waals surface area contributed by atoms with Crippen LogP contribution in [-0.4, -0.2) is 32.2 Å². The predicted molar refractivity (Wildman–Crippen MR) is 114 cm³/mol. The van der Waals surface area contributed by atoms with Crippen LogP contribution in [-0.2, 0) is 6.61 Å². The molecule has 7 nitrogen and oxygen atoms in total. The second-order valence-corrected chi connectivity index (χ2v) is 6.89. The van der Waals surface area contributed by atoms with Crippen molar-refractivity contribution in [2.24, 2.45) is 0 Å². The highest BCUT2D eigenvalue weighted by atomic mass is 16.5. The molecule has 30 heavy (non-hydrogen) atoms. The van der Waals surface area contributed by atoms with Crippen LogP contribution >= 0.6 is 0 Å². The molecule has 4 aromatic rings. The maximum absolute atomic E-state index is 6.07. The first kappa shape index (κ1) is 19.6. The van der Waals surface area contributed by atoms with Crippen LogP contribution in [0.15, 0.2) is 54.6 Å². The Morgan fingerprint density at radius 3 is 2.40 bits per heavy atom. The Balaban J connectivity index is 1.54. The first-order valence-electron chi connectivity index (χ1n) is 9.82. The molecule has 0 unspecified atom stereocenters. The highest BCUT2D eigenvalue weighted by Crippen LogP contribution is 2.32. The maximum Gasteiger partial charge on any atom is 0.182 e. The number of nitrogens with one attached hydrogen (secondary N) is 1. The van der Waals surface area contributed by atoms with Crippen molar-refractivity contribution in [2.75, 3.05) is 6.61 Å². The summed E-state index contributed by atoms with van der Waals surface area (Å²) in [5.74, 6) is 2.06. The summed E-state index contributed by atoms with van der Waals surface area (Å²) in [7, 11) is 0. The van der Waals surface area contributed by atoms with Crippen molar-refractivity contribution in [1.29, 1.82) is 0 Å². The van der Waals surface area contributed by atoms with E-state index in [9.17, 15) is 0 Å². The third-order valence-corrected chi connectivity index (χ3v) is 4.71. The third-order valence-electron chi connectivity index (χ3n) is 4.71. The zero-order valence-corrected chi connectivity index (χ0v) is 17.2. The van der Waals surface area contributed by atoms with E-state index in [2.05, 4.69) is 55.9 Å². The molecule has 0 bridgehead atoms. The maximum atomic E-state index is 6.07. The SMILES string of the molecule is CCOc1c(OCc2ccc(-c3ccccc3-c3nnn[nH]3)cc2)cc(C)nc1C. The van der Waals surface area contributed by atoms with Gasteiger partial charge in [0.1, 0.15) is 6.61 Å². The minimum Gasteiger partial charge on any atom is -0.488 e. The second-order valence-electron chi connectivity index (χ2n) is 6.89. The summed E-state index contributed by atoms with van der Waals surface area (Å²) in [6.07, 6.45) is 0. The van der Waals surface area contributed by atoms with Crippen molar-refractivity contribution < 1.29 is 9.47 Å². The number of H-pyrrole nitrogens is 1. The van der Waals surface area contributed by atoms with Crippen LogP contribution in [0.2, 0.25) is 0 Å². The second kappa shape index (κ2) is 8.73. The van der Waals surface area contributed by atoms with Crippen LogP contribution in [0.25, 0.3) is 22.5 Å². The van der Waals surface area contributed by atoms with Gasteiger partial charge in [0.15, 0.2) is 17.3 Å². The van der Waals surface area contributed by atoms with E-state index in [1.54, 1.807) is 0 Å². The lowest BCUT2D eigenvalue weighted by Gasteiger charge is -2.15. The van der Waals surface area contributed by atoms with Gasteiger partial charge in [-0.05, 0) is 47.9 Å². The van der Waals surface area contributed by atoms with Gasteiger partial charge < -0.3 is 9.47 Å². The molecule has 0 spiro atoms. The lowest BCUT2D eigenvalue weighted by atomic mass is 9.98.